The fraction of sp³-hybridized carbons (Fsp3) is 0.571. The minimum atomic E-state index is 0.353. The number of hydrogen-bond donors (Lipinski definition) is 1. The Kier molecular flexibility index (Phi) is 5.30. The molecule has 1 rings (SSSR count). The summed E-state index contributed by atoms with van der Waals surface area (Å²) in [7, 11) is 0. The molecule has 2 heteroatoms. The zero-order valence-corrected chi connectivity index (χ0v) is 11.4. The van der Waals surface area contributed by atoms with Crippen molar-refractivity contribution in [2.75, 3.05) is 0 Å². The van der Waals surface area contributed by atoms with E-state index in [4.69, 9.17) is 11.6 Å². The molecule has 0 fully saturated rings. The highest BCUT2D eigenvalue weighted by molar-refractivity contribution is 6.30. The second-order valence-corrected chi connectivity index (χ2v) is 5.14. The second-order valence-electron chi connectivity index (χ2n) is 4.70. The van der Waals surface area contributed by atoms with Crippen molar-refractivity contribution in [3.05, 3.63) is 34.9 Å². The highest BCUT2D eigenvalue weighted by Crippen LogP contribution is 2.19. The van der Waals surface area contributed by atoms with Gasteiger partial charge in [0.25, 0.3) is 0 Å². The largest absolute Gasteiger partial charge is 0.307 e. The fourth-order valence-electron chi connectivity index (χ4n) is 1.97. The molecule has 0 spiro atoms. The zero-order chi connectivity index (χ0) is 12.1. The Morgan fingerprint density at radius 1 is 1.25 bits per heavy atom. The van der Waals surface area contributed by atoms with E-state index in [0.29, 0.717) is 18.0 Å². The van der Waals surface area contributed by atoms with Gasteiger partial charge < -0.3 is 5.32 Å². The molecule has 1 aromatic carbocycles. The van der Waals surface area contributed by atoms with E-state index in [1.807, 2.05) is 18.2 Å². The first-order valence-corrected chi connectivity index (χ1v) is 6.44. The highest BCUT2D eigenvalue weighted by Gasteiger charge is 2.14. The van der Waals surface area contributed by atoms with Crippen LogP contribution in [0.5, 0.6) is 0 Å². The molecule has 0 aliphatic rings. The quantitative estimate of drug-likeness (QED) is 0.802. The Balaban J connectivity index is 2.67. The van der Waals surface area contributed by atoms with Gasteiger partial charge in [-0.05, 0) is 37.0 Å². The molecule has 0 amide bonds. The van der Waals surface area contributed by atoms with Gasteiger partial charge >= 0.3 is 0 Å². The Morgan fingerprint density at radius 3 is 2.44 bits per heavy atom. The van der Waals surface area contributed by atoms with Gasteiger partial charge in [0.05, 0.1) is 0 Å². The number of rotatable bonds is 5. The van der Waals surface area contributed by atoms with Crippen LogP contribution in [-0.4, -0.2) is 6.04 Å². The number of hydrogen-bond acceptors (Lipinski definition) is 1. The number of benzene rings is 1. The van der Waals surface area contributed by atoms with Crippen LogP contribution < -0.4 is 5.32 Å². The molecule has 0 aromatic heterocycles. The summed E-state index contributed by atoms with van der Waals surface area (Å²) in [5.74, 6) is 0.659. The van der Waals surface area contributed by atoms with Gasteiger partial charge in [-0.3, -0.25) is 0 Å². The van der Waals surface area contributed by atoms with Crippen molar-refractivity contribution in [1.82, 2.24) is 5.32 Å². The Labute approximate surface area is 104 Å². The average molecular weight is 240 g/mol. The molecule has 1 N–H and O–H groups in total. The molecule has 2 atom stereocenters. The molecule has 0 radical (unpaired) electrons. The maximum absolute atomic E-state index is 5.99. The van der Waals surface area contributed by atoms with Crippen molar-refractivity contribution < 1.29 is 0 Å². The predicted molar refractivity (Wildman–Crippen MR) is 71.9 cm³/mol. The molecular weight excluding hydrogens is 218 g/mol. The summed E-state index contributed by atoms with van der Waals surface area (Å²) in [6.07, 6.45) is 1.16. The molecule has 0 aliphatic carbocycles. The molecule has 0 heterocycles. The first-order valence-electron chi connectivity index (χ1n) is 6.06. The molecule has 0 bridgehead atoms. The molecule has 2 unspecified atom stereocenters. The van der Waals surface area contributed by atoms with Crippen molar-refractivity contribution in [2.24, 2.45) is 5.92 Å². The van der Waals surface area contributed by atoms with E-state index >= 15 is 0 Å². The van der Waals surface area contributed by atoms with Crippen molar-refractivity contribution in [3.63, 3.8) is 0 Å². The third-order valence-electron chi connectivity index (χ3n) is 3.06. The Bertz CT molecular complexity index is 322. The van der Waals surface area contributed by atoms with Crippen LogP contribution in [0.25, 0.3) is 0 Å². The summed E-state index contributed by atoms with van der Waals surface area (Å²) in [6.45, 7) is 8.93. The topological polar surface area (TPSA) is 12.0 Å². The van der Waals surface area contributed by atoms with Crippen molar-refractivity contribution >= 4 is 11.6 Å². The van der Waals surface area contributed by atoms with Crippen LogP contribution in [-0.2, 0) is 0 Å². The van der Waals surface area contributed by atoms with E-state index in [2.05, 4.69) is 39.1 Å². The van der Waals surface area contributed by atoms with Gasteiger partial charge in [0.1, 0.15) is 0 Å². The van der Waals surface area contributed by atoms with E-state index in [0.717, 1.165) is 11.4 Å². The molecule has 0 saturated heterocycles. The SMILES string of the molecule is CCC(NC(C)c1cccc(Cl)c1)C(C)C. The van der Waals surface area contributed by atoms with E-state index in [1.165, 1.54) is 5.56 Å². The minimum absolute atomic E-state index is 0.353. The van der Waals surface area contributed by atoms with Crippen molar-refractivity contribution in [2.45, 2.75) is 46.2 Å². The molecule has 0 aliphatic heterocycles. The maximum Gasteiger partial charge on any atom is 0.0409 e. The molecule has 1 aromatic rings. The number of nitrogens with one attached hydrogen (secondary N) is 1. The standard InChI is InChI=1S/C14H22ClN/c1-5-14(10(2)3)16-11(4)12-7-6-8-13(15)9-12/h6-11,14,16H,5H2,1-4H3. The molecule has 1 nitrogen and oxygen atoms in total. The fourth-order valence-corrected chi connectivity index (χ4v) is 2.17. The third-order valence-corrected chi connectivity index (χ3v) is 3.29. The van der Waals surface area contributed by atoms with E-state index in [1.54, 1.807) is 0 Å². The first kappa shape index (κ1) is 13.5. The maximum atomic E-state index is 5.99. The van der Waals surface area contributed by atoms with Gasteiger partial charge in [-0.25, -0.2) is 0 Å². The van der Waals surface area contributed by atoms with Crippen molar-refractivity contribution in [1.29, 1.82) is 0 Å². The van der Waals surface area contributed by atoms with Crippen LogP contribution >= 0.6 is 11.6 Å². The highest BCUT2D eigenvalue weighted by atomic mass is 35.5. The minimum Gasteiger partial charge on any atom is -0.307 e. The summed E-state index contributed by atoms with van der Waals surface area (Å²) in [6, 6.07) is 8.99. The zero-order valence-electron chi connectivity index (χ0n) is 10.6. The van der Waals surface area contributed by atoms with Gasteiger partial charge in [0.2, 0.25) is 0 Å². The van der Waals surface area contributed by atoms with Crippen LogP contribution in [0.15, 0.2) is 24.3 Å². The molecule has 16 heavy (non-hydrogen) atoms. The Hall–Kier alpha value is -0.530. The smallest absolute Gasteiger partial charge is 0.0409 e. The van der Waals surface area contributed by atoms with Crippen molar-refractivity contribution in [3.8, 4) is 0 Å². The molecular formula is C14H22ClN. The van der Waals surface area contributed by atoms with Crippen LogP contribution in [0.1, 0.15) is 45.7 Å². The molecule has 0 saturated carbocycles. The lowest BCUT2D eigenvalue weighted by Crippen LogP contribution is -2.35. The summed E-state index contributed by atoms with van der Waals surface area (Å²) in [5.41, 5.74) is 1.26. The van der Waals surface area contributed by atoms with Gasteiger partial charge in [-0.2, -0.15) is 0 Å². The summed E-state index contributed by atoms with van der Waals surface area (Å²) in [4.78, 5) is 0. The normalized spacial score (nSPS) is 15.1. The lowest BCUT2D eigenvalue weighted by Gasteiger charge is -2.25. The average Bonchev–Trinajstić information content (AvgIpc) is 2.25. The predicted octanol–water partition coefficient (Wildman–Crippen LogP) is 4.43. The Morgan fingerprint density at radius 2 is 1.94 bits per heavy atom. The second kappa shape index (κ2) is 6.27. The molecule has 90 valence electrons. The van der Waals surface area contributed by atoms with E-state index in [-0.39, 0.29) is 0 Å². The van der Waals surface area contributed by atoms with Crippen LogP contribution in [0.3, 0.4) is 0 Å². The monoisotopic (exact) mass is 239 g/mol. The van der Waals surface area contributed by atoms with E-state index in [9.17, 15) is 0 Å². The lowest BCUT2D eigenvalue weighted by molar-refractivity contribution is 0.356. The summed E-state index contributed by atoms with van der Waals surface area (Å²) in [5, 5.41) is 4.46. The van der Waals surface area contributed by atoms with Gasteiger partial charge in [0, 0.05) is 17.1 Å². The van der Waals surface area contributed by atoms with Crippen LogP contribution in [0, 0.1) is 5.92 Å². The van der Waals surface area contributed by atoms with Gasteiger partial charge in [-0.1, -0.05) is 44.5 Å². The first-order chi connectivity index (χ1) is 7.54. The lowest BCUT2D eigenvalue weighted by atomic mass is 9.99. The summed E-state index contributed by atoms with van der Waals surface area (Å²) < 4.78 is 0. The van der Waals surface area contributed by atoms with Crippen LogP contribution in [0.4, 0.5) is 0 Å². The summed E-state index contributed by atoms with van der Waals surface area (Å²) >= 11 is 5.99. The van der Waals surface area contributed by atoms with Crippen LogP contribution in [0.2, 0.25) is 5.02 Å². The van der Waals surface area contributed by atoms with Gasteiger partial charge in [-0.15, -0.1) is 0 Å². The van der Waals surface area contributed by atoms with Gasteiger partial charge in [0.15, 0.2) is 0 Å². The van der Waals surface area contributed by atoms with E-state index < -0.39 is 0 Å². The number of halogens is 1. The third kappa shape index (κ3) is 3.80.